The van der Waals surface area contributed by atoms with Crippen LogP contribution in [0.3, 0.4) is 0 Å². The van der Waals surface area contributed by atoms with Gasteiger partial charge in [-0.2, -0.15) is 0 Å². The van der Waals surface area contributed by atoms with Crippen LogP contribution in [0.2, 0.25) is 0 Å². The molecule has 0 saturated carbocycles. The number of aryl methyl sites for hydroxylation is 2. The number of fused-ring (bicyclic) bond motifs is 2. The molecule has 0 aliphatic carbocycles. The summed E-state index contributed by atoms with van der Waals surface area (Å²) >= 11 is 3.96. The van der Waals surface area contributed by atoms with Crippen LogP contribution in [0.4, 0.5) is 0 Å². The fraction of sp³-hybridized carbons (Fsp3) is 0.118. The lowest BCUT2D eigenvalue weighted by molar-refractivity contribution is 1.03. The van der Waals surface area contributed by atoms with Crippen LogP contribution in [0.25, 0.3) is 52.2 Å². The molecule has 6 heterocycles. The number of aromatic nitrogens is 2. The van der Waals surface area contributed by atoms with E-state index in [0.717, 1.165) is 12.8 Å². The van der Waals surface area contributed by atoms with Gasteiger partial charge in [-0.3, -0.25) is 0 Å². The minimum atomic E-state index is 0.253. The van der Waals surface area contributed by atoms with Crippen LogP contribution in [0.1, 0.15) is 33.4 Å². The normalized spacial score (nSPS) is 14.7. The number of benzene rings is 5. The minimum absolute atomic E-state index is 0.253. The fourth-order valence-electron chi connectivity index (χ4n) is 8.44. The van der Waals surface area contributed by atoms with Crippen LogP contribution in [0.15, 0.2) is 66.7 Å². The Morgan fingerprint density at radius 3 is 1.59 bits per heavy atom. The number of para-hydroxylation sites is 2. The van der Waals surface area contributed by atoms with Crippen LogP contribution in [0, 0.1) is 13.8 Å². The molecule has 0 spiro atoms. The second-order valence-corrected chi connectivity index (χ2v) is 14.1. The molecule has 5 aromatic carbocycles. The number of hydrogen-bond donors (Lipinski definition) is 0. The van der Waals surface area contributed by atoms with Gasteiger partial charge < -0.3 is 9.13 Å². The summed E-state index contributed by atoms with van der Waals surface area (Å²) in [6, 6.07) is 26.3. The molecule has 0 bridgehead atoms. The molecule has 5 heteroatoms. The van der Waals surface area contributed by atoms with Crippen LogP contribution < -0.4 is 16.4 Å². The summed E-state index contributed by atoms with van der Waals surface area (Å²) in [5, 5.41) is 0. The maximum Gasteiger partial charge on any atom is 0.252 e. The first-order valence-electron chi connectivity index (χ1n) is 13.8. The van der Waals surface area contributed by atoms with Gasteiger partial charge in [0.1, 0.15) is 0 Å². The topological polar surface area (TPSA) is 9.86 Å². The summed E-state index contributed by atoms with van der Waals surface area (Å²) in [5.41, 5.74) is 21.7. The van der Waals surface area contributed by atoms with Crippen LogP contribution >= 0.6 is 22.7 Å². The zero-order valence-electron chi connectivity index (χ0n) is 21.6. The van der Waals surface area contributed by atoms with Crippen molar-refractivity contribution >= 4 is 86.6 Å². The Hall–Kier alpha value is -3.80. The van der Waals surface area contributed by atoms with Gasteiger partial charge >= 0.3 is 0 Å². The highest BCUT2D eigenvalue weighted by molar-refractivity contribution is 7.27. The molecule has 4 aliphatic heterocycles. The van der Waals surface area contributed by atoms with Crippen molar-refractivity contribution in [3.63, 3.8) is 0 Å². The third-order valence-electron chi connectivity index (χ3n) is 9.58. The van der Waals surface area contributed by atoms with Crippen molar-refractivity contribution in [1.29, 1.82) is 0 Å². The van der Waals surface area contributed by atoms with Crippen molar-refractivity contribution in [2.24, 2.45) is 0 Å². The van der Waals surface area contributed by atoms with Gasteiger partial charge in [0, 0.05) is 24.2 Å². The summed E-state index contributed by atoms with van der Waals surface area (Å²) in [7, 11) is 0. The van der Waals surface area contributed by atoms with E-state index in [1.54, 1.807) is 0 Å². The van der Waals surface area contributed by atoms with Crippen molar-refractivity contribution < 1.29 is 0 Å². The summed E-state index contributed by atoms with van der Waals surface area (Å²) in [6.07, 6.45) is 2.02. The zero-order chi connectivity index (χ0) is 25.3. The molecule has 0 N–H and O–H groups in total. The first-order valence-corrected chi connectivity index (χ1v) is 15.4. The second-order valence-electron chi connectivity index (χ2n) is 11.9. The molecule has 0 amide bonds. The first kappa shape index (κ1) is 20.2. The van der Waals surface area contributed by atoms with Crippen molar-refractivity contribution in [2.45, 2.75) is 26.7 Å². The summed E-state index contributed by atoms with van der Waals surface area (Å²) in [4.78, 5) is 0. The lowest BCUT2D eigenvalue weighted by atomic mass is 9.33. The quantitative estimate of drug-likeness (QED) is 0.152. The first-order chi connectivity index (χ1) is 19.1. The third-order valence-corrected chi connectivity index (χ3v) is 11.7. The SMILES string of the molecule is Cc1cc2c3c(c1)B1c4cc(C)cc5c4-n4c6c(cccc6sc6cc7sc8cccc(c8n-3c7c1c64)C2)C5. The molecular weight excluding hydrogens is 511 g/mol. The van der Waals surface area contributed by atoms with E-state index in [-0.39, 0.29) is 6.71 Å². The van der Waals surface area contributed by atoms with E-state index in [1.807, 2.05) is 22.7 Å². The third kappa shape index (κ3) is 2.16. The van der Waals surface area contributed by atoms with Crippen molar-refractivity contribution in [3.05, 3.63) is 100 Å². The van der Waals surface area contributed by atoms with E-state index in [2.05, 4.69) is 89.7 Å². The molecule has 0 saturated heterocycles. The molecule has 2 nitrogen and oxygen atoms in total. The summed E-state index contributed by atoms with van der Waals surface area (Å²) in [5.74, 6) is 0. The minimum Gasteiger partial charge on any atom is -0.308 e. The highest BCUT2D eigenvalue weighted by atomic mass is 32.1. The molecule has 4 aliphatic rings. The van der Waals surface area contributed by atoms with Gasteiger partial charge in [0.25, 0.3) is 6.71 Å². The molecule has 0 radical (unpaired) electrons. The van der Waals surface area contributed by atoms with Gasteiger partial charge in [-0.15, -0.1) is 22.7 Å². The van der Waals surface area contributed by atoms with E-state index in [9.17, 15) is 0 Å². The van der Waals surface area contributed by atoms with Crippen molar-refractivity contribution in [1.82, 2.24) is 9.13 Å². The monoisotopic (exact) mass is 532 g/mol. The molecule has 182 valence electrons. The highest BCUT2D eigenvalue weighted by Crippen LogP contribution is 2.45. The van der Waals surface area contributed by atoms with Crippen molar-refractivity contribution in [3.8, 4) is 11.4 Å². The highest BCUT2D eigenvalue weighted by Gasteiger charge is 2.43. The van der Waals surface area contributed by atoms with E-state index in [1.165, 1.54) is 102 Å². The Morgan fingerprint density at radius 1 is 0.564 bits per heavy atom. The Balaban J connectivity index is 1.53. The van der Waals surface area contributed by atoms with Crippen LogP contribution in [0.5, 0.6) is 0 Å². The van der Waals surface area contributed by atoms with Crippen LogP contribution in [-0.4, -0.2) is 15.8 Å². The Kier molecular flexibility index (Phi) is 3.27. The molecule has 7 aromatic rings. The molecular formula is C34H21BN2S2. The lowest BCUT2D eigenvalue weighted by Gasteiger charge is -2.40. The Bertz CT molecular complexity index is 2260. The molecule has 39 heavy (non-hydrogen) atoms. The number of nitrogens with zero attached hydrogens (tertiary/aromatic N) is 2. The number of rotatable bonds is 0. The lowest BCUT2D eigenvalue weighted by Crippen LogP contribution is -2.60. The van der Waals surface area contributed by atoms with Gasteiger partial charge in [0.05, 0.1) is 40.9 Å². The van der Waals surface area contributed by atoms with Crippen molar-refractivity contribution in [2.75, 3.05) is 0 Å². The Morgan fingerprint density at radius 2 is 1.08 bits per heavy atom. The smallest absolute Gasteiger partial charge is 0.252 e. The van der Waals surface area contributed by atoms with Gasteiger partial charge in [0.2, 0.25) is 0 Å². The van der Waals surface area contributed by atoms with Gasteiger partial charge in [-0.05, 0) is 70.7 Å². The van der Waals surface area contributed by atoms with Gasteiger partial charge in [-0.25, -0.2) is 0 Å². The number of hydrogen-bond acceptors (Lipinski definition) is 2. The van der Waals surface area contributed by atoms with E-state index in [0.29, 0.717) is 0 Å². The molecule has 0 unspecified atom stereocenters. The van der Waals surface area contributed by atoms with Gasteiger partial charge in [-0.1, -0.05) is 59.7 Å². The average molecular weight is 533 g/mol. The Labute approximate surface area is 233 Å². The maximum atomic E-state index is 2.67. The predicted octanol–water partition coefficient (Wildman–Crippen LogP) is 6.70. The summed E-state index contributed by atoms with van der Waals surface area (Å²) < 4.78 is 10.9. The second kappa shape index (κ2) is 6.33. The molecule has 0 atom stereocenters. The maximum absolute atomic E-state index is 2.67. The summed E-state index contributed by atoms with van der Waals surface area (Å²) in [6.45, 7) is 4.83. The van der Waals surface area contributed by atoms with E-state index in [4.69, 9.17) is 0 Å². The molecule has 0 fully saturated rings. The zero-order valence-corrected chi connectivity index (χ0v) is 23.2. The van der Waals surface area contributed by atoms with E-state index >= 15 is 0 Å². The largest absolute Gasteiger partial charge is 0.308 e. The molecule has 11 rings (SSSR count). The van der Waals surface area contributed by atoms with Gasteiger partial charge in [0.15, 0.2) is 0 Å². The predicted molar refractivity (Wildman–Crippen MR) is 168 cm³/mol. The van der Waals surface area contributed by atoms with Crippen LogP contribution in [-0.2, 0) is 12.8 Å². The standard InChI is InChI=1S/C34H21BN2S2/c1-16-9-20-13-18-5-3-7-24-31(18)36-29(20)22(11-16)35-23-12-17(2)10-21-14-19-6-4-8-25-32(19)37(30(21)23)34-27(39-25)15-26(38-24)33(36)28(34)35/h3-12,15H,13-14H2,1-2H3. The fourth-order valence-corrected chi connectivity index (χ4v) is 10.9. The molecule has 2 aromatic heterocycles. The average Bonchev–Trinajstić information content (AvgIpc) is 2.92. The van der Waals surface area contributed by atoms with E-state index < -0.39 is 0 Å².